The molecule has 0 aliphatic rings. The molecule has 1 aromatic carbocycles. The smallest absolute Gasteiger partial charge is 0.293 e. The van der Waals surface area contributed by atoms with Gasteiger partial charge in [0.15, 0.2) is 0 Å². The van der Waals surface area contributed by atoms with Crippen molar-refractivity contribution in [3.63, 3.8) is 0 Å². The number of hydrogen-bond acceptors (Lipinski definition) is 6. The van der Waals surface area contributed by atoms with Gasteiger partial charge in [0.2, 0.25) is 15.9 Å². The summed E-state index contributed by atoms with van der Waals surface area (Å²) in [6, 6.07) is 2.07. The van der Waals surface area contributed by atoms with Crippen LogP contribution in [-0.4, -0.2) is 32.8 Å². The third kappa shape index (κ3) is 3.42. The van der Waals surface area contributed by atoms with Crippen molar-refractivity contribution in [2.75, 3.05) is 19.3 Å². The first-order valence-electron chi connectivity index (χ1n) is 5.43. The molecule has 0 spiro atoms. The van der Waals surface area contributed by atoms with Gasteiger partial charge >= 0.3 is 0 Å². The summed E-state index contributed by atoms with van der Waals surface area (Å²) in [5.74, 6) is -0.531. The minimum absolute atomic E-state index is 0.127. The van der Waals surface area contributed by atoms with E-state index in [1.54, 1.807) is 0 Å². The highest BCUT2D eigenvalue weighted by molar-refractivity contribution is 7.89. The van der Waals surface area contributed by atoms with Crippen LogP contribution in [0.2, 0.25) is 0 Å². The van der Waals surface area contributed by atoms with Crippen molar-refractivity contribution in [3.05, 3.63) is 27.8 Å². The molecule has 20 heavy (non-hydrogen) atoms. The largest absolute Gasteiger partial charge is 0.393 e. The van der Waals surface area contributed by atoms with Gasteiger partial charge in [-0.05, 0) is 18.6 Å². The van der Waals surface area contributed by atoms with Crippen LogP contribution in [0.1, 0.15) is 5.56 Å². The van der Waals surface area contributed by atoms with Crippen LogP contribution in [0, 0.1) is 17.0 Å². The summed E-state index contributed by atoms with van der Waals surface area (Å²) in [5, 5.41) is 13.0. The van der Waals surface area contributed by atoms with Gasteiger partial charge in [-0.25, -0.2) is 13.1 Å². The number of amides is 1. The number of nitrogens with two attached hydrogens (primary N) is 1. The molecule has 10 heteroatoms. The van der Waals surface area contributed by atoms with E-state index in [1.807, 2.05) is 4.72 Å². The van der Waals surface area contributed by atoms with E-state index in [2.05, 4.69) is 5.32 Å². The minimum atomic E-state index is -4.04. The second-order valence-corrected chi connectivity index (χ2v) is 5.67. The number of benzene rings is 1. The Labute approximate surface area is 115 Å². The molecule has 9 nitrogen and oxygen atoms in total. The van der Waals surface area contributed by atoms with E-state index in [0.29, 0.717) is 0 Å². The first-order valence-corrected chi connectivity index (χ1v) is 6.92. The summed E-state index contributed by atoms with van der Waals surface area (Å²) in [5.41, 5.74) is 5.07. The lowest BCUT2D eigenvalue weighted by molar-refractivity contribution is -0.384. The van der Waals surface area contributed by atoms with Gasteiger partial charge < -0.3 is 11.1 Å². The maximum absolute atomic E-state index is 12.0. The molecule has 0 saturated heterocycles. The van der Waals surface area contributed by atoms with Crippen LogP contribution in [-0.2, 0) is 14.8 Å². The molecule has 0 fully saturated rings. The van der Waals surface area contributed by atoms with Crippen LogP contribution in [0.3, 0.4) is 0 Å². The van der Waals surface area contributed by atoms with E-state index in [0.717, 1.165) is 6.07 Å². The standard InChI is InChI=1S/C10H14N4O5S/c1-6-3-7(11)8(14(16)17)4-9(6)20(18,19)13-5-10(15)12-2/h3-4,13H,5,11H2,1-2H3,(H,12,15). The number of carbonyl (C=O) groups excluding carboxylic acids is 1. The van der Waals surface area contributed by atoms with E-state index in [1.165, 1.54) is 20.0 Å². The molecule has 0 aromatic heterocycles. The van der Waals surface area contributed by atoms with Crippen LogP contribution in [0.5, 0.6) is 0 Å². The highest BCUT2D eigenvalue weighted by Gasteiger charge is 2.23. The van der Waals surface area contributed by atoms with Crippen molar-refractivity contribution >= 4 is 27.3 Å². The summed E-state index contributed by atoms with van der Waals surface area (Å²) < 4.78 is 26.1. The number of likely N-dealkylation sites (N-methyl/N-ethyl adjacent to an activating group) is 1. The zero-order chi connectivity index (χ0) is 15.5. The fourth-order valence-corrected chi connectivity index (χ4v) is 2.70. The zero-order valence-corrected chi connectivity index (χ0v) is 11.7. The molecule has 1 rings (SSSR count). The van der Waals surface area contributed by atoms with Gasteiger partial charge in [0.25, 0.3) is 5.69 Å². The van der Waals surface area contributed by atoms with Crippen LogP contribution < -0.4 is 15.8 Å². The summed E-state index contributed by atoms with van der Waals surface area (Å²) >= 11 is 0. The molecule has 0 bridgehead atoms. The molecule has 0 heterocycles. The first-order chi connectivity index (χ1) is 9.19. The summed E-state index contributed by atoms with van der Waals surface area (Å²) in [7, 11) is -2.68. The van der Waals surface area contributed by atoms with Gasteiger partial charge in [0.1, 0.15) is 5.69 Å². The Balaban J connectivity index is 3.21. The van der Waals surface area contributed by atoms with Crippen molar-refractivity contribution in [3.8, 4) is 0 Å². The molecule has 0 aliphatic carbocycles. The van der Waals surface area contributed by atoms with E-state index in [-0.39, 0.29) is 16.1 Å². The van der Waals surface area contributed by atoms with Gasteiger partial charge in [0.05, 0.1) is 16.4 Å². The number of nitrogens with zero attached hydrogens (tertiary/aromatic N) is 1. The Morgan fingerprint density at radius 1 is 1.45 bits per heavy atom. The van der Waals surface area contributed by atoms with Crippen molar-refractivity contribution in [2.45, 2.75) is 11.8 Å². The zero-order valence-electron chi connectivity index (χ0n) is 10.8. The van der Waals surface area contributed by atoms with Gasteiger partial charge in [-0.3, -0.25) is 14.9 Å². The average molecular weight is 302 g/mol. The quantitative estimate of drug-likeness (QED) is 0.380. The predicted octanol–water partition coefficient (Wildman–Crippen LogP) is -0.490. The van der Waals surface area contributed by atoms with Gasteiger partial charge in [-0.2, -0.15) is 0 Å². The predicted molar refractivity (Wildman–Crippen MR) is 71.5 cm³/mol. The van der Waals surface area contributed by atoms with Crippen LogP contribution >= 0.6 is 0 Å². The number of rotatable bonds is 5. The number of anilines is 1. The van der Waals surface area contributed by atoms with Crippen LogP contribution in [0.4, 0.5) is 11.4 Å². The molecular weight excluding hydrogens is 288 g/mol. The highest BCUT2D eigenvalue weighted by Crippen LogP contribution is 2.28. The minimum Gasteiger partial charge on any atom is -0.393 e. The molecule has 110 valence electrons. The molecule has 4 N–H and O–H groups in total. The summed E-state index contributed by atoms with van der Waals surface area (Å²) in [6.45, 7) is 0.991. The maximum Gasteiger partial charge on any atom is 0.293 e. The van der Waals surface area contributed by atoms with Crippen LogP contribution in [0.15, 0.2) is 17.0 Å². The highest BCUT2D eigenvalue weighted by atomic mass is 32.2. The third-order valence-corrected chi connectivity index (χ3v) is 4.06. The molecule has 0 saturated carbocycles. The van der Waals surface area contributed by atoms with Gasteiger partial charge in [-0.1, -0.05) is 0 Å². The Morgan fingerprint density at radius 2 is 2.05 bits per heavy atom. The Bertz CT molecular complexity index is 656. The van der Waals surface area contributed by atoms with Crippen molar-refractivity contribution < 1.29 is 18.1 Å². The van der Waals surface area contributed by atoms with Crippen molar-refractivity contribution in [1.29, 1.82) is 0 Å². The lowest BCUT2D eigenvalue weighted by Gasteiger charge is -2.09. The lowest BCUT2D eigenvalue weighted by atomic mass is 10.2. The van der Waals surface area contributed by atoms with E-state index in [4.69, 9.17) is 5.73 Å². The van der Waals surface area contributed by atoms with Gasteiger partial charge in [-0.15, -0.1) is 0 Å². The van der Waals surface area contributed by atoms with E-state index < -0.39 is 33.1 Å². The normalized spacial score (nSPS) is 11.1. The molecule has 1 amide bonds. The van der Waals surface area contributed by atoms with Gasteiger partial charge in [0, 0.05) is 13.1 Å². The molecule has 1 aromatic rings. The SMILES string of the molecule is CNC(=O)CNS(=O)(=O)c1cc([N+](=O)[O-])c(N)cc1C. The summed E-state index contributed by atoms with van der Waals surface area (Å²) in [6.07, 6.45) is 0. The number of nitrogen functional groups attached to an aromatic ring is 1. The average Bonchev–Trinajstić information content (AvgIpc) is 2.35. The van der Waals surface area contributed by atoms with Crippen molar-refractivity contribution in [1.82, 2.24) is 10.0 Å². The summed E-state index contributed by atoms with van der Waals surface area (Å²) in [4.78, 5) is 20.7. The second-order valence-electron chi connectivity index (χ2n) is 3.93. The van der Waals surface area contributed by atoms with E-state index >= 15 is 0 Å². The number of nitro benzene ring substituents is 1. The molecule has 0 aliphatic heterocycles. The van der Waals surface area contributed by atoms with Crippen molar-refractivity contribution in [2.24, 2.45) is 0 Å². The fraction of sp³-hybridized carbons (Fsp3) is 0.300. The second kappa shape index (κ2) is 5.84. The Hall–Kier alpha value is -2.20. The topological polar surface area (TPSA) is 144 Å². The number of aryl methyl sites for hydroxylation is 1. The maximum atomic E-state index is 12.0. The molecule has 0 radical (unpaired) electrons. The third-order valence-electron chi connectivity index (χ3n) is 2.51. The number of carbonyl (C=O) groups is 1. The Kier molecular flexibility index (Phi) is 4.63. The molecule has 0 atom stereocenters. The Morgan fingerprint density at radius 3 is 2.55 bits per heavy atom. The monoisotopic (exact) mass is 302 g/mol. The van der Waals surface area contributed by atoms with E-state index in [9.17, 15) is 23.3 Å². The fourth-order valence-electron chi connectivity index (χ4n) is 1.47. The lowest BCUT2D eigenvalue weighted by Crippen LogP contribution is -2.35. The number of nitrogens with one attached hydrogen (secondary N) is 2. The number of sulfonamides is 1. The number of hydrogen-bond donors (Lipinski definition) is 3. The number of nitro groups is 1. The molecule has 0 unspecified atom stereocenters. The first kappa shape index (κ1) is 15.9. The van der Waals surface area contributed by atoms with Crippen LogP contribution in [0.25, 0.3) is 0 Å². The molecular formula is C10H14N4O5S.